The van der Waals surface area contributed by atoms with Crippen LogP contribution in [0.3, 0.4) is 0 Å². The maximum absolute atomic E-state index is 14.3. The summed E-state index contributed by atoms with van der Waals surface area (Å²) in [6.45, 7) is 8.45. The van der Waals surface area contributed by atoms with E-state index in [4.69, 9.17) is 4.74 Å². The third-order valence-electron chi connectivity index (χ3n) is 13.5. The molecule has 4 fully saturated rings. The molecule has 3 saturated heterocycles. The monoisotopic (exact) mass is 864 g/mol. The lowest BCUT2D eigenvalue weighted by molar-refractivity contribution is -0.135. The van der Waals surface area contributed by atoms with Gasteiger partial charge in [0.25, 0.3) is 12.3 Å². The van der Waals surface area contributed by atoms with Gasteiger partial charge < -0.3 is 19.9 Å². The van der Waals surface area contributed by atoms with Gasteiger partial charge in [-0.15, -0.1) is 0 Å². The zero-order valence-corrected chi connectivity index (χ0v) is 35.9. The van der Waals surface area contributed by atoms with Crippen LogP contribution in [0.25, 0.3) is 16.6 Å². The number of rotatable bonds is 8. The van der Waals surface area contributed by atoms with Crippen LogP contribution in [0, 0.1) is 29.6 Å². The van der Waals surface area contributed by atoms with Crippen LogP contribution in [0.1, 0.15) is 93.6 Å². The highest BCUT2D eigenvalue weighted by Gasteiger charge is 2.37. The first-order valence-corrected chi connectivity index (χ1v) is 22.3. The smallest absolute Gasteiger partial charge is 0.329 e. The van der Waals surface area contributed by atoms with E-state index in [0.717, 1.165) is 75.8 Å². The molecule has 15 nitrogen and oxygen atoms in total. The number of benzene rings is 1. The molecule has 0 radical (unpaired) electrons. The molecule has 3 amide bonds. The second-order valence-corrected chi connectivity index (χ2v) is 18.0. The number of imide groups is 1. The fourth-order valence-corrected chi connectivity index (χ4v) is 10.3. The van der Waals surface area contributed by atoms with E-state index in [2.05, 4.69) is 47.4 Å². The van der Waals surface area contributed by atoms with Crippen molar-refractivity contribution in [2.75, 3.05) is 37.6 Å². The Morgan fingerprint density at radius 1 is 0.968 bits per heavy atom. The van der Waals surface area contributed by atoms with Crippen LogP contribution in [-0.2, 0) is 21.4 Å². The molecule has 3 aromatic heterocycles. The summed E-state index contributed by atoms with van der Waals surface area (Å²) in [6.07, 6.45) is 6.73. The number of carbonyl (C=O) groups is 3. The molecule has 9 rings (SSSR count). The molecule has 1 saturated carbocycles. The number of anilines is 1. The van der Waals surface area contributed by atoms with E-state index in [-0.39, 0.29) is 54.0 Å². The van der Waals surface area contributed by atoms with Crippen LogP contribution >= 0.6 is 0 Å². The second-order valence-electron chi connectivity index (χ2n) is 18.0. The number of carbonyl (C=O) groups excluding carboxylic acids is 3. The quantitative estimate of drug-likeness (QED) is 0.190. The summed E-state index contributed by atoms with van der Waals surface area (Å²) in [5.74, 6) is 6.18. The summed E-state index contributed by atoms with van der Waals surface area (Å²) in [4.78, 5) is 64.9. The zero-order valence-electron chi connectivity index (χ0n) is 35.9. The van der Waals surface area contributed by atoms with Crippen molar-refractivity contribution in [1.29, 1.82) is 0 Å². The number of likely N-dealkylation sites (tertiary alicyclic amines) is 1. The molecular weight excluding hydrogens is 811 g/mol. The number of pyridine rings is 1. The summed E-state index contributed by atoms with van der Waals surface area (Å²) in [6, 6.07) is 8.66. The predicted octanol–water partition coefficient (Wildman–Crippen LogP) is 4.71. The molecule has 17 heteroatoms. The lowest BCUT2D eigenvalue weighted by atomic mass is 9.80. The number of piperidine rings is 2. The summed E-state index contributed by atoms with van der Waals surface area (Å²) in [5.41, 5.74) is 3.03. The third kappa shape index (κ3) is 8.80. The van der Waals surface area contributed by atoms with Crippen LogP contribution in [0.5, 0.6) is 0 Å². The van der Waals surface area contributed by atoms with Crippen molar-refractivity contribution in [3.05, 3.63) is 64.3 Å². The third-order valence-corrected chi connectivity index (χ3v) is 13.5. The molecule has 4 aromatic rings. The SMILES string of the molecule is C[C@@H]1CN(c2ccn3ncc(C(=O)NC4=N[C@@H](C5CCC(CN6CCC(CC#Cc7cccc8c7n(C)c(=O)n8C7CCC(=O)NC7=O)CC6)CC5)N=C4C(F)F)c3c2)C[C@H](C)O1. The molecule has 7 heterocycles. The van der Waals surface area contributed by atoms with Gasteiger partial charge in [-0.1, -0.05) is 17.9 Å². The number of aliphatic imine (C=N–C) groups is 2. The molecule has 1 aromatic carbocycles. The highest BCUT2D eigenvalue weighted by Crippen LogP contribution is 2.36. The lowest BCUT2D eigenvalue weighted by Gasteiger charge is -2.36. The Hall–Kier alpha value is -5.73. The van der Waals surface area contributed by atoms with Gasteiger partial charge in [0.1, 0.15) is 17.9 Å². The average Bonchev–Trinajstić information content (AvgIpc) is 3.96. The molecule has 0 bridgehead atoms. The number of alkyl halides is 2. The highest BCUT2D eigenvalue weighted by atomic mass is 19.3. The molecule has 332 valence electrons. The standard InChI is InChI=1S/C46H54F2N10O5/c1-27-24-56(25-28(2)63-27)33-18-21-57-37(22-33)34(23-49-57)44(60)53-43-39(41(47)48)51-42(52-43)32-12-10-30(11-13-32)26-55-19-16-29(17-20-55)6-4-7-31-8-5-9-35-40(31)54(3)46(62)58(35)36-14-15-38(59)50-45(36)61/h5,8-9,18,21-23,27-30,32,36,41-42H,6,10-17,19-20,24-26H2,1-3H3,(H,50,59,61)(H,52,53,60)/t27-,28+,30?,32?,36?,42-/m0/s1. The fourth-order valence-electron chi connectivity index (χ4n) is 10.3. The molecule has 1 unspecified atom stereocenters. The van der Waals surface area contributed by atoms with Gasteiger partial charge in [0.15, 0.2) is 5.84 Å². The Kier molecular flexibility index (Phi) is 12.0. The number of para-hydroxylation sites is 1. The van der Waals surface area contributed by atoms with Crippen molar-refractivity contribution in [2.45, 2.75) is 102 Å². The first-order chi connectivity index (χ1) is 30.4. The minimum absolute atomic E-state index is 0.0239. The minimum atomic E-state index is -2.87. The Balaban J connectivity index is 0.763. The van der Waals surface area contributed by atoms with E-state index in [1.807, 2.05) is 44.2 Å². The van der Waals surface area contributed by atoms with E-state index < -0.39 is 36.2 Å². The number of imidazole rings is 1. The Morgan fingerprint density at radius 3 is 2.46 bits per heavy atom. The van der Waals surface area contributed by atoms with E-state index in [0.29, 0.717) is 41.5 Å². The van der Waals surface area contributed by atoms with Crippen molar-refractivity contribution in [3.63, 3.8) is 0 Å². The minimum Gasteiger partial charge on any atom is -0.372 e. The molecule has 4 aliphatic heterocycles. The van der Waals surface area contributed by atoms with Crippen molar-refractivity contribution in [2.24, 2.45) is 34.8 Å². The molecular formula is C46H54F2N10O5. The topological polar surface area (TPSA) is 160 Å². The van der Waals surface area contributed by atoms with Gasteiger partial charge in [-0.05, 0) is 108 Å². The van der Waals surface area contributed by atoms with Gasteiger partial charge in [0.2, 0.25) is 11.8 Å². The second kappa shape index (κ2) is 17.8. The van der Waals surface area contributed by atoms with E-state index in [1.165, 1.54) is 15.3 Å². The predicted molar refractivity (Wildman–Crippen MR) is 234 cm³/mol. The summed E-state index contributed by atoms with van der Waals surface area (Å²) >= 11 is 0. The number of aromatic nitrogens is 4. The maximum Gasteiger partial charge on any atom is 0.329 e. The normalized spacial score (nSPS) is 26.2. The number of amidine groups is 1. The summed E-state index contributed by atoms with van der Waals surface area (Å²) < 4.78 is 39.1. The van der Waals surface area contributed by atoms with Crippen LogP contribution in [-0.4, -0.2) is 110 Å². The van der Waals surface area contributed by atoms with Crippen molar-refractivity contribution >= 4 is 51.5 Å². The Bertz CT molecular complexity index is 2590. The number of hydrogen-bond acceptors (Lipinski definition) is 10. The Morgan fingerprint density at radius 2 is 1.73 bits per heavy atom. The number of nitrogens with one attached hydrogen (secondary N) is 2. The van der Waals surface area contributed by atoms with Gasteiger partial charge in [-0.3, -0.25) is 33.8 Å². The number of nitrogens with zero attached hydrogens (tertiary/aromatic N) is 8. The number of fused-ring (bicyclic) bond motifs is 2. The highest BCUT2D eigenvalue weighted by molar-refractivity contribution is 6.46. The first-order valence-electron chi connectivity index (χ1n) is 22.3. The molecule has 4 atom stereocenters. The zero-order chi connectivity index (χ0) is 43.9. The molecule has 1 aliphatic carbocycles. The van der Waals surface area contributed by atoms with E-state index in [9.17, 15) is 28.0 Å². The van der Waals surface area contributed by atoms with Crippen LogP contribution in [0.15, 0.2) is 57.5 Å². The van der Waals surface area contributed by atoms with E-state index in [1.54, 1.807) is 17.8 Å². The van der Waals surface area contributed by atoms with Crippen molar-refractivity contribution in [3.8, 4) is 11.8 Å². The number of hydrogen-bond donors (Lipinski definition) is 2. The fraction of sp³-hybridized carbons (Fsp3) is 0.543. The molecule has 0 spiro atoms. The molecule has 5 aliphatic rings. The van der Waals surface area contributed by atoms with Crippen LogP contribution < -0.4 is 21.2 Å². The van der Waals surface area contributed by atoms with Gasteiger partial charge in [0.05, 0.1) is 46.1 Å². The summed E-state index contributed by atoms with van der Waals surface area (Å²) in [5, 5.41) is 9.36. The molecule has 63 heavy (non-hydrogen) atoms. The van der Waals surface area contributed by atoms with Gasteiger partial charge in [-0.2, -0.15) is 5.10 Å². The van der Waals surface area contributed by atoms with Crippen molar-refractivity contribution < 1.29 is 27.9 Å². The lowest BCUT2D eigenvalue weighted by Crippen LogP contribution is -2.45. The average molecular weight is 865 g/mol. The van der Waals surface area contributed by atoms with Gasteiger partial charge >= 0.3 is 5.69 Å². The van der Waals surface area contributed by atoms with E-state index >= 15 is 0 Å². The van der Waals surface area contributed by atoms with Crippen LogP contribution in [0.4, 0.5) is 14.5 Å². The largest absolute Gasteiger partial charge is 0.372 e. The van der Waals surface area contributed by atoms with Gasteiger partial charge in [0, 0.05) is 57.3 Å². The van der Waals surface area contributed by atoms with Gasteiger partial charge in [-0.25, -0.2) is 23.1 Å². The number of amides is 3. The first kappa shape index (κ1) is 42.6. The number of morpholine rings is 1. The summed E-state index contributed by atoms with van der Waals surface area (Å²) in [7, 11) is 1.69. The number of aryl methyl sites for hydroxylation is 1. The number of halogens is 2. The van der Waals surface area contributed by atoms with Crippen LogP contribution in [0.2, 0.25) is 0 Å². The molecule has 2 N–H and O–H groups in total. The Labute approximate surface area is 363 Å². The maximum atomic E-state index is 14.3. The van der Waals surface area contributed by atoms with Crippen molar-refractivity contribution in [1.82, 2.24) is 34.3 Å². The number of ether oxygens (including phenoxy) is 1.